The maximum Gasteiger partial charge on any atom is 0.475 e. The van der Waals surface area contributed by atoms with Crippen LogP contribution in [0.2, 0.25) is 0 Å². The number of H-pyrrole nitrogens is 1. The summed E-state index contributed by atoms with van der Waals surface area (Å²) in [6, 6.07) is 0.956. The second-order valence-electron chi connectivity index (χ2n) is 6.29. The Bertz CT molecular complexity index is 838. The predicted octanol–water partition coefficient (Wildman–Crippen LogP) is 1.41. The van der Waals surface area contributed by atoms with Crippen molar-refractivity contribution in [3.05, 3.63) is 33.1 Å². The van der Waals surface area contributed by atoms with Crippen LogP contribution in [0.4, 0.5) is 8.78 Å². The van der Waals surface area contributed by atoms with Crippen molar-refractivity contribution in [1.29, 1.82) is 0 Å². The minimum atomic E-state index is -4.21. The number of fused-ring (bicyclic) bond motifs is 1. The lowest BCUT2D eigenvalue weighted by molar-refractivity contribution is -0.221. The van der Waals surface area contributed by atoms with Crippen LogP contribution in [0.3, 0.4) is 0 Å². The molecule has 0 saturated carbocycles. The van der Waals surface area contributed by atoms with E-state index in [1.165, 1.54) is 0 Å². The number of phosphoric ester groups is 1. The van der Waals surface area contributed by atoms with Crippen LogP contribution >= 0.6 is 7.82 Å². The van der Waals surface area contributed by atoms with Gasteiger partial charge in [-0.05, 0) is 20.8 Å². The summed E-state index contributed by atoms with van der Waals surface area (Å²) >= 11 is 0. The fourth-order valence-corrected chi connectivity index (χ4v) is 4.43. The molecule has 0 amide bonds. The van der Waals surface area contributed by atoms with Crippen molar-refractivity contribution in [3.8, 4) is 0 Å². The third kappa shape index (κ3) is 3.11. The maximum absolute atomic E-state index is 15.3. The highest BCUT2D eigenvalue weighted by Crippen LogP contribution is 2.63. The van der Waals surface area contributed by atoms with Crippen molar-refractivity contribution in [2.45, 2.75) is 50.7 Å². The molecular weight excluding hydrogens is 365 g/mol. The average molecular weight is 382 g/mol. The first-order chi connectivity index (χ1) is 11.5. The third-order valence-electron chi connectivity index (χ3n) is 3.79. The van der Waals surface area contributed by atoms with Gasteiger partial charge in [-0.3, -0.25) is 27.9 Å². The first-order valence-electron chi connectivity index (χ1n) is 7.45. The molecule has 1 aromatic heterocycles. The van der Waals surface area contributed by atoms with E-state index in [-0.39, 0.29) is 0 Å². The molecule has 1 unspecified atom stereocenters. The minimum Gasteiger partial charge on any atom is -0.314 e. The molecule has 2 fully saturated rings. The van der Waals surface area contributed by atoms with Gasteiger partial charge in [0.1, 0.15) is 6.61 Å². The second kappa shape index (κ2) is 5.82. The van der Waals surface area contributed by atoms with E-state index < -0.39 is 55.6 Å². The van der Waals surface area contributed by atoms with Gasteiger partial charge in [0.25, 0.3) is 11.4 Å². The van der Waals surface area contributed by atoms with Crippen molar-refractivity contribution >= 4 is 7.82 Å². The van der Waals surface area contributed by atoms with E-state index in [4.69, 9.17) is 18.3 Å². The molecule has 0 radical (unpaired) electrons. The average Bonchev–Trinajstić information content (AvgIpc) is 2.67. The summed E-state index contributed by atoms with van der Waals surface area (Å²) < 4.78 is 63.3. The number of hydrogen-bond donors (Lipinski definition) is 1. The Hall–Kier alpha value is -1.39. The van der Waals surface area contributed by atoms with E-state index in [1.54, 1.807) is 13.8 Å². The van der Waals surface area contributed by atoms with Crippen LogP contribution < -0.4 is 11.2 Å². The number of halogens is 2. The molecule has 140 valence electrons. The van der Waals surface area contributed by atoms with Gasteiger partial charge in [0.2, 0.25) is 0 Å². The molecule has 0 bridgehead atoms. The van der Waals surface area contributed by atoms with Crippen LogP contribution in [0.5, 0.6) is 0 Å². The zero-order chi connectivity index (χ0) is 18.6. The highest BCUT2D eigenvalue weighted by atomic mass is 31.2. The smallest absolute Gasteiger partial charge is 0.314 e. The predicted molar refractivity (Wildman–Crippen MR) is 79.4 cm³/mol. The molecule has 12 heteroatoms. The Morgan fingerprint density at radius 2 is 2.12 bits per heavy atom. The Morgan fingerprint density at radius 3 is 2.72 bits per heavy atom. The summed E-state index contributed by atoms with van der Waals surface area (Å²) in [5.41, 5.74) is -4.32. The molecule has 2 aliphatic heterocycles. The van der Waals surface area contributed by atoms with E-state index in [0.717, 1.165) is 19.2 Å². The van der Waals surface area contributed by atoms with Crippen LogP contribution in [0.1, 0.15) is 27.0 Å². The van der Waals surface area contributed by atoms with E-state index in [9.17, 15) is 14.2 Å². The number of nitrogens with zero attached hydrogens (tertiary/aromatic N) is 1. The highest BCUT2D eigenvalue weighted by molar-refractivity contribution is 7.48. The van der Waals surface area contributed by atoms with Crippen LogP contribution in [0.15, 0.2) is 21.9 Å². The Morgan fingerprint density at radius 1 is 1.44 bits per heavy atom. The van der Waals surface area contributed by atoms with E-state index in [2.05, 4.69) is 0 Å². The van der Waals surface area contributed by atoms with Gasteiger partial charge < -0.3 is 4.74 Å². The summed E-state index contributed by atoms with van der Waals surface area (Å²) in [4.78, 5) is 25.0. The van der Waals surface area contributed by atoms with Crippen molar-refractivity contribution in [3.63, 3.8) is 0 Å². The zero-order valence-electron chi connectivity index (χ0n) is 13.6. The highest BCUT2D eigenvalue weighted by Gasteiger charge is 2.70. The summed E-state index contributed by atoms with van der Waals surface area (Å²) in [5.74, 6) is -2.79. The lowest BCUT2D eigenvalue weighted by atomic mass is 9.97. The molecule has 2 saturated heterocycles. The molecular formula is C13H17F2N2O7P. The molecule has 0 aromatic carbocycles. The zero-order valence-corrected chi connectivity index (χ0v) is 14.5. The minimum absolute atomic E-state index is 0.580. The van der Waals surface area contributed by atoms with Gasteiger partial charge in [-0.25, -0.2) is 18.1 Å². The van der Waals surface area contributed by atoms with Gasteiger partial charge in [-0.15, -0.1) is 0 Å². The number of nitrogens with one attached hydrogen (secondary N) is 1. The first-order valence-corrected chi connectivity index (χ1v) is 8.91. The van der Waals surface area contributed by atoms with Gasteiger partial charge in [0.15, 0.2) is 18.0 Å². The fourth-order valence-electron chi connectivity index (χ4n) is 2.79. The first kappa shape index (κ1) is 18.4. The van der Waals surface area contributed by atoms with Crippen molar-refractivity contribution in [1.82, 2.24) is 9.55 Å². The number of alkyl halides is 2. The summed E-state index contributed by atoms with van der Waals surface area (Å²) in [6.07, 6.45) is -3.36. The van der Waals surface area contributed by atoms with Crippen molar-refractivity contribution in [2.75, 3.05) is 6.61 Å². The topological polar surface area (TPSA) is 109 Å². The third-order valence-corrected chi connectivity index (χ3v) is 5.39. The van der Waals surface area contributed by atoms with E-state index in [0.29, 0.717) is 4.57 Å². The van der Waals surface area contributed by atoms with Crippen molar-refractivity contribution in [2.24, 2.45) is 0 Å². The largest absolute Gasteiger partial charge is 0.475 e. The number of rotatable bonds is 3. The van der Waals surface area contributed by atoms with Gasteiger partial charge in [-0.1, -0.05) is 0 Å². The molecule has 1 aromatic rings. The van der Waals surface area contributed by atoms with Crippen LogP contribution in [0, 0.1) is 0 Å². The van der Waals surface area contributed by atoms with E-state index >= 15 is 8.78 Å². The monoisotopic (exact) mass is 382 g/mol. The molecule has 9 nitrogen and oxygen atoms in total. The lowest BCUT2D eigenvalue weighted by Crippen LogP contribution is -2.51. The van der Waals surface area contributed by atoms with Crippen LogP contribution in [-0.2, 0) is 22.9 Å². The normalized spacial score (nSPS) is 41.0. The standard InChI is InChI=1S/C13H17F2N2O7P/c1-7(2)23-25(20)21-6-13(15)9(24-25)12(3,14)10(22-13)17-5-4-8(18)16-11(17)19/h4-5,7,9-10H,6H2,1-3H3,(H,16,18,19)/t9-,10+,12+,13+,25?/m0/s1. The number of aromatic amines is 1. The van der Waals surface area contributed by atoms with Crippen molar-refractivity contribution < 1.29 is 31.7 Å². The van der Waals surface area contributed by atoms with Gasteiger partial charge >= 0.3 is 13.5 Å². The molecule has 0 aliphatic carbocycles. The number of ether oxygens (including phenoxy) is 1. The van der Waals surface area contributed by atoms with Gasteiger partial charge in [0.05, 0.1) is 6.10 Å². The summed E-state index contributed by atoms with van der Waals surface area (Å²) in [5, 5.41) is 0. The Kier molecular flexibility index (Phi) is 4.28. The fraction of sp³-hybridized carbons (Fsp3) is 0.692. The van der Waals surface area contributed by atoms with Crippen LogP contribution in [0.25, 0.3) is 0 Å². The lowest BCUT2D eigenvalue weighted by Gasteiger charge is -2.36. The molecule has 3 rings (SSSR count). The Labute approximate surface area is 140 Å². The molecule has 1 N–H and O–H groups in total. The van der Waals surface area contributed by atoms with Gasteiger partial charge in [-0.2, -0.15) is 0 Å². The maximum atomic E-state index is 15.3. The Balaban J connectivity index is 1.98. The molecule has 5 atom stereocenters. The number of hydrogen-bond acceptors (Lipinski definition) is 7. The SMILES string of the molecule is CC(C)OP1(=O)OC[C@@]2(F)O[C@@H](n3ccc(=O)[nH]c3=O)[C@](C)(F)[C@@H]2O1. The number of aromatic nitrogens is 2. The molecule has 2 aliphatic rings. The summed E-state index contributed by atoms with van der Waals surface area (Å²) in [6.45, 7) is 3.13. The quantitative estimate of drug-likeness (QED) is 0.788. The molecule has 25 heavy (non-hydrogen) atoms. The summed E-state index contributed by atoms with van der Waals surface area (Å²) in [7, 11) is -4.21. The van der Waals surface area contributed by atoms with E-state index in [1.807, 2.05) is 4.98 Å². The van der Waals surface area contributed by atoms with Crippen LogP contribution in [-0.4, -0.2) is 39.9 Å². The molecule has 0 spiro atoms. The number of phosphoric acid groups is 1. The second-order valence-corrected chi connectivity index (χ2v) is 7.86. The molecule has 3 heterocycles. The van der Waals surface area contributed by atoms with Gasteiger partial charge in [0, 0.05) is 12.3 Å².